The van der Waals surface area contributed by atoms with Crippen LogP contribution >= 0.6 is 0 Å². The van der Waals surface area contributed by atoms with Crippen LogP contribution in [0.25, 0.3) is 0 Å². The molecule has 5 nitrogen and oxygen atoms in total. The number of carbonyl (C=O) groups is 2. The lowest BCUT2D eigenvalue weighted by atomic mass is 10.1. The first-order valence-corrected chi connectivity index (χ1v) is 9.99. The van der Waals surface area contributed by atoms with Crippen molar-refractivity contribution in [3.05, 3.63) is 102 Å². The average Bonchev–Trinajstić information content (AvgIpc) is 2.78. The van der Waals surface area contributed by atoms with Crippen LogP contribution in [0.15, 0.2) is 84.9 Å². The van der Waals surface area contributed by atoms with Gasteiger partial charge in [-0.1, -0.05) is 72.8 Å². The van der Waals surface area contributed by atoms with Gasteiger partial charge < -0.3 is 15.8 Å². The zero-order chi connectivity index (χ0) is 21.2. The third kappa shape index (κ3) is 6.87. The summed E-state index contributed by atoms with van der Waals surface area (Å²) in [5.74, 6) is -0.514. The molecule has 0 saturated heterocycles. The Bertz CT molecular complexity index is 941. The van der Waals surface area contributed by atoms with E-state index in [-0.39, 0.29) is 24.9 Å². The Morgan fingerprint density at radius 1 is 0.800 bits per heavy atom. The summed E-state index contributed by atoms with van der Waals surface area (Å²) in [5.41, 5.74) is 9.59. The molecule has 0 aliphatic carbocycles. The molecular weight excluding hydrogens is 376 g/mol. The summed E-state index contributed by atoms with van der Waals surface area (Å²) in [6, 6.07) is 26.1. The highest BCUT2D eigenvalue weighted by molar-refractivity contribution is 5.94. The number of benzene rings is 3. The first-order chi connectivity index (χ1) is 14.6. The van der Waals surface area contributed by atoms with Crippen LogP contribution in [0.5, 0.6) is 0 Å². The minimum Gasteiger partial charge on any atom is -0.461 e. The molecule has 5 heteroatoms. The van der Waals surface area contributed by atoms with Gasteiger partial charge in [0.15, 0.2) is 0 Å². The minimum atomic E-state index is -0.585. The lowest BCUT2D eigenvalue weighted by Gasteiger charge is -2.13. The molecule has 3 N–H and O–H groups in total. The van der Waals surface area contributed by atoms with Crippen molar-refractivity contribution in [3.63, 3.8) is 0 Å². The van der Waals surface area contributed by atoms with Crippen molar-refractivity contribution >= 4 is 17.6 Å². The Morgan fingerprint density at radius 2 is 1.40 bits per heavy atom. The number of nitrogens with two attached hydrogens (primary N) is 1. The molecule has 3 aromatic rings. The number of hydrogen-bond acceptors (Lipinski definition) is 4. The summed E-state index contributed by atoms with van der Waals surface area (Å²) in [4.78, 5) is 24.3. The second-order valence-electron chi connectivity index (χ2n) is 7.14. The number of aryl methyl sites for hydroxylation is 1. The number of amides is 1. The second kappa shape index (κ2) is 10.9. The van der Waals surface area contributed by atoms with Crippen LogP contribution in [0, 0.1) is 0 Å². The molecule has 3 aromatic carbocycles. The first kappa shape index (κ1) is 21.3. The number of carbonyl (C=O) groups excluding carboxylic acids is 2. The van der Waals surface area contributed by atoms with E-state index in [1.165, 1.54) is 0 Å². The van der Waals surface area contributed by atoms with Crippen molar-refractivity contribution in [2.45, 2.75) is 31.9 Å². The SMILES string of the molecule is N[C@@H](CCc1ccccc1)C(=O)Nc1ccc(CC(=O)OCc2ccccc2)cc1. The van der Waals surface area contributed by atoms with E-state index in [0.717, 1.165) is 23.1 Å². The van der Waals surface area contributed by atoms with E-state index < -0.39 is 6.04 Å². The quantitative estimate of drug-likeness (QED) is 0.533. The van der Waals surface area contributed by atoms with Gasteiger partial charge >= 0.3 is 5.97 Å². The lowest BCUT2D eigenvalue weighted by molar-refractivity contribution is -0.144. The molecule has 0 spiro atoms. The number of hydrogen-bond donors (Lipinski definition) is 2. The third-order valence-corrected chi connectivity index (χ3v) is 4.74. The van der Waals surface area contributed by atoms with Crippen molar-refractivity contribution in [1.29, 1.82) is 0 Å². The van der Waals surface area contributed by atoms with Gasteiger partial charge in [0.1, 0.15) is 6.61 Å². The fourth-order valence-electron chi connectivity index (χ4n) is 2.99. The fraction of sp³-hybridized carbons (Fsp3) is 0.200. The number of ether oxygens (including phenoxy) is 1. The molecule has 0 saturated carbocycles. The standard InChI is InChI=1S/C25H26N2O3/c26-23(16-13-19-7-3-1-4-8-19)25(29)27-22-14-11-20(12-15-22)17-24(28)30-18-21-9-5-2-6-10-21/h1-12,14-15,23H,13,16-18,26H2,(H,27,29)/t23-/m0/s1. The topological polar surface area (TPSA) is 81.4 Å². The van der Waals surface area contributed by atoms with Crippen molar-refractivity contribution < 1.29 is 14.3 Å². The van der Waals surface area contributed by atoms with Gasteiger partial charge in [-0.25, -0.2) is 0 Å². The molecule has 154 valence electrons. The lowest BCUT2D eigenvalue weighted by Crippen LogP contribution is -2.36. The monoisotopic (exact) mass is 402 g/mol. The zero-order valence-electron chi connectivity index (χ0n) is 16.8. The molecule has 0 aliphatic heterocycles. The average molecular weight is 402 g/mol. The molecule has 0 radical (unpaired) electrons. The number of esters is 1. The molecule has 3 rings (SSSR count). The van der Waals surface area contributed by atoms with Crippen molar-refractivity contribution in [2.24, 2.45) is 5.73 Å². The maximum Gasteiger partial charge on any atom is 0.310 e. The highest BCUT2D eigenvalue weighted by Crippen LogP contribution is 2.12. The largest absolute Gasteiger partial charge is 0.461 e. The Labute approximate surface area is 176 Å². The van der Waals surface area contributed by atoms with Gasteiger partial charge in [0, 0.05) is 5.69 Å². The van der Waals surface area contributed by atoms with Crippen LogP contribution in [0.1, 0.15) is 23.1 Å². The summed E-state index contributed by atoms with van der Waals surface area (Å²) < 4.78 is 5.30. The Balaban J connectivity index is 1.43. The molecule has 0 fully saturated rings. The van der Waals surface area contributed by atoms with Crippen molar-refractivity contribution in [1.82, 2.24) is 0 Å². The van der Waals surface area contributed by atoms with E-state index in [1.807, 2.05) is 60.7 Å². The molecule has 30 heavy (non-hydrogen) atoms. The smallest absolute Gasteiger partial charge is 0.310 e. The van der Waals surface area contributed by atoms with Crippen LogP contribution in [0.3, 0.4) is 0 Å². The number of anilines is 1. The summed E-state index contributed by atoms with van der Waals surface area (Å²) >= 11 is 0. The summed E-state index contributed by atoms with van der Waals surface area (Å²) in [6.07, 6.45) is 1.50. The molecular formula is C25H26N2O3. The highest BCUT2D eigenvalue weighted by atomic mass is 16.5. The molecule has 0 heterocycles. The van der Waals surface area contributed by atoms with Gasteiger partial charge in [-0.15, -0.1) is 0 Å². The van der Waals surface area contributed by atoms with E-state index in [0.29, 0.717) is 12.1 Å². The van der Waals surface area contributed by atoms with Crippen LogP contribution in [-0.2, 0) is 33.8 Å². The van der Waals surface area contributed by atoms with Crippen LogP contribution in [0.2, 0.25) is 0 Å². The molecule has 0 aliphatic rings. The molecule has 0 aromatic heterocycles. The summed E-state index contributed by atoms with van der Waals surface area (Å²) in [7, 11) is 0. The molecule has 1 atom stereocenters. The Hall–Kier alpha value is -3.44. The van der Waals surface area contributed by atoms with Gasteiger partial charge in [-0.05, 0) is 41.7 Å². The summed E-state index contributed by atoms with van der Waals surface area (Å²) in [5, 5.41) is 2.83. The van der Waals surface area contributed by atoms with Crippen LogP contribution in [-0.4, -0.2) is 17.9 Å². The minimum absolute atomic E-state index is 0.178. The van der Waals surface area contributed by atoms with E-state index >= 15 is 0 Å². The van der Waals surface area contributed by atoms with E-state index in [4.69, 9.17) is 10.5 Å². The maximum absolute atomic E-state index is 12.3. The predicted octanol–water partition coefficient (Wildman–Crippen LogP) is 3.87. The van der Waals surface area contributed by atoms with Gasteiger partial charge in [0.25, 0.3) is 0 Å². The van der Waals surface area contributed by atoms with Crippen LogP contribution < -0.4 is 11.1 Å². The van der Waals surface area contributed by atoms with E-state index in [1.54, 1.807) is 24.3 Å². The zero-order valence-corrected chi connectivity index (χ0v) is 16.8. The normalized spacial score (nSPS) is 11.5. The second-order valence-corrected chi connectivity index (χ2v) is 7.14. The number of nitrogens with one attached hydrogen (secondary N) is 1. The Kier molecular flexibility index (Phi) is 7.75. The predicted molar refractivity (Wildman–Crippen MR) is 118 cm³/mol. The third-order valence-electron chi connectivity index (χ3n) is 4.74. The first-order valence-electron chi connectivity index (χ1n) is 9.99. The molecule has 0 bridgehead atoms. The van der Waals surface area contributed by atoms with Gasteiger partial charge in [0.2, 0.25) is 5.91 Å². The maximum atomic E-state index is 12.3. The molecule has 0 unspecified atom stereocenters. The van der Waals surface area contributed by atoms with Gasteiger partial charge in [-0.3, -0.25) is 9.59 Å². The van der Waals surface area contributed by atoms with E-state index in [2.05, 4.69) is 5.32 Å². The summed E-state index contributed by atoms with van der Waals surface area (Å²) in [6.45, 7) is 0.259. The van der Waals surface area contributed by atoms with Crippen molar-refractivity contribution in [3.8, 4) is 0 Å². The highest BCUT2D eigenvalue weighted by Gasteiger charge is 2.14. The van der Waals surface area contributed by atoms with Gasteiger partial charge in [0.05, 0.1) is 12.5 Å². The molecule has 1 amide bonds. The van der Waals surface area contributed by atoms with Gasteiger partial charge in [-0.2, -0.15) is 0 Å². The van der Waals surface area contributed by atoms with E-state index in [9.17, 15) is 9.59 Å². The van der Waals surface area contributed by atoms with Crippen LogP contribution in [0.4, 0.5) is 5.69 Å². The fourth-order valence-corrected chi connectivity index (χ4v) is 2.99. The Morgan fingerprint density at radius 3 is 2.03 bits per heavy atom. The number of rotatable bonds is 9. The van der Waals surface area contributed by atoms with Crippen molar-refractivity contribution in [2.75, 3.05) is 5.32 Å².